The molecule has 0 aromatic heterocycles. The molecule has 0 aliphatic heterocycles. The summed E-state index contributed by atoms with van der Waals surface area (Å²) in [4.78, 5) is 21.4. The Balaban J connectivity index is 3.80. The van der Waals surface area contributed by atoms with Crippen molar-refractivity contribution < 1.29 is 0 Å². The Morgan fingerprint density at radius 3 is 1.40 bits per heavy atom. The first-order valence-electron chi connectivity index (χ1n) is 3.14. The molecule has 0 bridgehead atoms. The lowest BCUT2D eigenvalue weighted by Crippen LogP contribution is -2.64. The van der Waals surface area contributed by atoms with Crippen molar-refractivity contribution in [3.8, 4) is 0 Å². The first kappa shape index (κ1) is 6.93. The van der Waals surface area contributed by atoms with Gasteiger partial charge in [-0.1, -0.05) is 12.2 Å². The van der Waals surface area contributed by atoms with E-state index in [-0.39, 0.29) is 10.9 Å². The van der Waals surface area contributed by atoms with Crippen LogP contribution in [0.15, 0.2) is 9.59 Å². The maximum atomic E-state index is 10.7. The Kier molecular flexibility index (Phi) is 1.53. The van der Waals surface area contributed by atoms with E-state index in [2.05, 4.69) is 0 Å². The summed E-state index contributed by atoms with van der Waals surface area (Å²) in [6.07, 6.45) is 3.33. The summed E-state index contributed by atoms with van der Waals surface area (Å²) < 4.78 is 0. The Morgan fingerprint density at radius 1 is 0.900 bits per heavy atom. The van der Waals surface area contributed by atoms with Crippen LogP contribution in [0.5, 0.6) is 0 Å². The van der Waals surface area contributed by atoms with Crippen molar-refractivity contribution in [3.63, 3.8) is 0 Å². The van der Waals surface area contributed by atoms with E-state index < -0.39 is 0 Å². The Labute approximate surface area is 57.8 Å². The third kappa shape index (κ3) is 0.652. The average molecular weight is 136 g/mol. The minimum atomic E-state index is -0.351. The van der Waals surface area contributed by atoms with E-state index in [4.69, 9.17) is 0 Å². The smallest absolute Gasteiger partial charge is 0.233 e. The molecule has 1 aromatic rings. The van der Waals surface area contributed by atoms with Gasteiger partial charge in [-0.3, -0.25) is 9.59 Å². The zero-order chi connectivity index (χ0) is 7.72. The van der Waals surface area contributed by atoms with Crippen LogP contribution >= 0.6 is 0 Å². The molecule has 52 valence electrons. The standard InChI is InChI=1S/C8H8O2/c1-3-5-6(4-2)8(10)7(5)9/h3-4H,1-2H3. The van der Waals surface area contributed by atoms with Gasteiger partial charge in [-0.05, 0) is 13.8 Å². The van der Waals surface area contributed by atoms with E-state index in [0.717, 1.165) is 0 Å². The zero-order valence-corrected chi connectivity index (χ0v) is 5.97. The van der Waals surface area contributed by atoms with Crippen LogP contribution in [0.25, 0.3) is 12.2 Å². The van der Waals surface area contributed by atoms with Gasteiger partial charge in [0.15, 0.2) is 0 Å². The SMILES string of the molecule is CC=c1c(=O)c(=O)c1=CC. The Morgan fingerprint density at radius 2 is 1.20 bits per heavy atom. The molecule has 10 heavy (non-hydrogen) atoms. The van der Waals surface area contributed by atoms with E-state index >= 15 is 0 Å². The van der Waals surface area contributed by atoms with Crippen molar-refractivity contribution in [2.24, 2.45) is 0 Å². The highest BCUT2D eigenvalue weighted by Gasteiger charge is 2.03. The predicted molar refractivity (Wildman–Crippen MR) is 40.9 cm³/mol. The molecule has 1 aromatic carbocycles. The molecule has 2 heteroatoms. The summed E-state index contributed by atoms with van der Waals surface area (Å²) in [7, 11) is 0. The first-order valence-corrected chi connectivity index (χ1v) is 3.14. The summed E-state index contributed by atoms with van der Waals surface area (Å²) in [5.74, 6) is 0. The minimum Gasteiger partial charge on any atom is -0.285 e. The number of hydrogen-bond acceptors (Lipinski definition) is 2. The Bertz CT molecular complexity index is 375. The highest BCUT2D eigenvalue weighted by atomic mass is 16.2. The van der Waals surface area contributed by atoms with E-state index in [9.17, 15) is 9.59 Å². The molecule has 0 saturated carbocycles. The summed E-state index contributed by atoms with van der Waals surface area (Å²) >= 11 is 0. The topological polar surface area (TPSA) is 34.1 Å². The summed E-state index contributed by atoms with van der Waals surface area (Å²) in [6, 6.07) is 0. The largest absolute Gasteiger partial charge is 0.285 e. The monoisotopic (exact) mass is 136 g/mol. The maximum absolute atomic E-state index is 10.7. The van der Waals surface area contributed by atoms with Gasteiger partial charge >= 0.3 is 0 Å². The lowest BCUT2D eigenvalue weighted by molar-refractivity contribution is 1.26. The van der Waals surface area contributed by atoms with E-state index in [1.54, 1.807) is 26.0 Å². The van der Waals surface area contributed by atoms with Crippen molar-refractivity contribution in [2.45, 2.75) is 13.8 Å². The van der Waals surface area contributed by atoms with Gasteiger partial charge in [0.25, 0.3) is 0 Å². The van der Waals surface area contributed by atoms with Gasteiger partial charge in [0.1, 0.15) is 0 Å². The van der Waals surface area contributed by atoms with Crippen molar-refractivity contribution in [1.82, 2.24) is 0 Å². The fraction of sp³-hybridized carbons (Fsp3) is 0.250. The normalized spacial score (nSPS) is 15.0. The summed E-state index contributed by atoms with van der Waals surface area (Å²) in [5, 5.41) is 1.13. The summed E-state index contributed by atoms with van der Waals surface area (Å²) in [5.41, 5.74) is -0.703. The number of rotatable bonds is 0. The fourth-order valence-electron chi connectivity index (χ4n) is 1.000. The van der Waals surface area contributed by atoms with Gasteiger partial charge in [0.2, 0.25) is 10.9 Å². The second kappa shape index (κ2) is 2.21. The van der Waals surface area contributed by atoms with E-state index in [1.807, 2.05) is 0 Å². The molecule has 0 aliphatic carbocycles. The van der Waals surface area contributed by atoms with Crippen LogP contribution in [0, 0.1) is 0 Å². The molecule has 0 heterocycles. The first-order chi connectivity index (χ1) is 4.72. The van der Waals surface area contributed by atoms with Crippen LogP contribution in [0.1, 0.15) is 13.8 Å². The molecule has 0 atom stereocenters. The fourth-order valence-corrected chi connectivity index (χ4v) is 1.000. The predicted octanol–water partition coefficient (Wildman–Crippen LogP) is -1.12. The van der Waals surface area contributed by atoms with Crippen LogP contribution in [0.2, 0.25) is 0 Å². The lowest BCUT2D eigenvalue weighted by atomic mass is 10.1. The molecule has 0 aliphatic rings. The van der Waals surface area contributed by atoms with Gasteiger partial charge in [0.05, 0.1) is 0 Å². The highest BCUT2D eigenvalue weighted by molar-refractivity contribution is 5.32. The molecule has 1 rings (SSSR count). The molecular weight excluding hydrogens is 128 g/mol. The third-order valence-electron chi connectivity index (χ3n) is 1.56. The van der Waals surface area contributed by atoms with Gasteiger partial charge in [0, 0.05) is 10.4 Å². The van der Waals surface area contributed by atoms with Gasteiger partial charge < -0.3 is 0 Å². The quantitative estimate of drug-likeness (QED) is 0.423. The van der Waals surface area contributed by atoms with Crippen molar-refractivity contribution in [1.29, 1.82) is 0 Å². The molecule has 0 radical (unpaired) electrons. The molecule has 0 amide bonds. The van der Waals surface area contributed by atoms with Crippen molar-refractivity contribution >= 4 is 12.2 Å². The second-order valence-electron chi connectivity index (χ2n) is 2.06. The van der Waals surface area contributed by atoms with Gasteiger partial charge in [-0.2, -0.15) is 0 Å². The van der Waals surface area contributed by atoms with Crippen molar-refractivity contribution in [2.75, 3.05) is 0 Å². The summed E-state index contributed by atoms with van der Waals surface area (Å²) in [6.45, 7) is 3.51. The van der Waals surface area contributed by atoms with Gasteiger partial charge in [-0.15, -0.1) is 0 Å². The molecule has 0 spiro atoms. The Hall–Kier alpha value is -1.18. The maximum Gasteiger partial charge on any atom is 0.233 e. The molecule has 2 nitrogen and oxygen atoms in total. The molecule has 0 fully saturated rings. The van der Waals surface area contributed by atoms with E-state index in [1.165, 1.54) is 0 Å². The van der Waals surface area contributed by atoms with E-state index in [0.29, 0.717) is 10.4 Å². The second-order valence-corrected chi connectivity index (χ2v) is 2.06. The van der Waals surface area contributed by atoms with Crippen LogP contribution in [0.3, 0.4) is 0 Å². The van der Waals surface area contributed by atoms with Crippen LogP contribution in [-0.2, 0) is 0 Å². The molecule has 0 saturated heterocycles. The molecule has 0 unspecified atom stereocenters. The molecule has 0 N–H and O–H groups in total. The van der Waals surface area contributed by atoms with Crippen LogP contribution < -0.4 is 21.3 Å². The van der Waals surface area contributed by atoms with Crippen LogP contribution in [-0.4, -0.2) is 0 Å². The van der Waals surface area contributed by atoms with Crippen molar-refractivity contribution in [3.05, 3.63) is 30.9 Å². The average Bonchev–Trinajstić information content (AvgIpc) is 1.97. The van der Waals surface area contributed by atoms with Gasteiger partial charge in [-0.25, -0.2) is 0 Å². The van der Waals surface area contributed by atoms with Crippen LogP contribution in [0.4, 0.5) is 0 Å². The lowest BCUT2D eigenvalue weighted by Gasteiger charge is -1.87. The highest BCUT2D eigenvalue weighted by Crippen LogP contribution is 1.53. The molecular formula is C8H8O2. The minimum absolute atomic E-state index is 0.351. The zero-order valence-electron chi connectivity index (χ0n) is 5.97. The number of hydrogen-bond donors (Lipinski definition) is 0. The third-order valence-corrected chi connectivity index (χ3v) is 1.56.